The van der Waals surface area contributed by atoms with Crippen LogP contribution in [0.4, 0.5) is 22.0 Å². The highest BCUT2D eigenvalue weighted by Crippen LogP contribution is 2.20. The molecule has 0 spiro atoms. The lowest BCUT2D eigenvalue weighted by Gasteiger charge is -2.17. The van der Waals surface area contributed by atoms with Crippen LogP contribution in [0.2, 0.25) is 0 Å². The summed E-state index contributed by atoms with van der Waals surface area (Å²) in [5.74, 6) is -0.901. The molecule has 0 unspecified atom stereocenters. The number of nitrogens with zero attached hydrogens (tertiary/aromatic N) is 4. The molecule has 0 saturated heterocycles. The zero-order valence-corrected chi connectivity index (χ0v) is 14.1. The number of hydrogen-bond acceptors (Lipinski definition) is 6. The van der Waals surface area contributed by atoms with Gasteiger partial charge in [-0.3, -0.25) is 9.69 Å². The summed E-state index contributed by atoms with van der Waals surface area (Å²) in [6, 6.07) is 9.10. The second-order valence-corrected chi connectivity index (χ2v) is 5.41. The molecule has 0 aliphatic heterocycles. The fourth-order valence-corrected chi connectivity index (χ4v) is 2.05. The highest BCUT2D eigenvalue weighted by atomic mass is 16.6. The molecule has 2 aromatic rings. The number of nitro groups is 1. The summed E-state index contributed by atoms with van der Waals surface area (Å²) in [6.45, 7) is 0. The summed E-state index contributed by atoms with van der Waals surface area (Å²) in [7, 11) is 3.72. The Labute approximate surface area is 148 Å². The molecule has 1 amide bonds. The second-order valence-electron chi connectivity index (χ2n) is 5.41. The number of allylic oxidation sites excluding steroid dienone is 1. The molecule has 0 atom stereocenters. The predicted octanol–water partition coefficient (Wildman–Crippen LogP) is 2.94. The third-order valence-corrected chi connectivity index (χ3v) is 3.44. The molecule has 0 aliphatic rings. The molecule has 0 saturated carbocycles. The quantitative estimate of drug-likeness (QED) is 0.366. The van der Waals surface area contributed by atoms with E-state index in [0.29, 0.717) is 5.69 Å². The monoisotopic (exact) mass is 356 g/mol. The summed E-state index contributed by atoms with van der Waals surface area (Å²) in [6.07, 6.45) is 2.00. The minimum atomic E-state index is -1.26. The van der Waals surface area contributed by atoms with Crippen molar-refractivity contribution in [1.82, 2.24) is 4.98 Å². The van der Waals surface area contributed by atoms with Crippen molar-refractivity contribution in [3.8, 4) is 0 Å². The Kier molecular flexibility index (Phi) is 5.63. The Morgan fingerprint density at radius 2 is 1.73 bits per heavy atom. The van der Waals surface area contributed by atoms with Crippen molar-refractivity contribution < 1.29 is 19.6 Å². The molecule has 9 nitrogen and oxygen atoms in total. The van der Waals surface area contributed by atoms with Gasteiger partial charge in [0.15, 0.2) is 12.0 Å². The number of amides is 1. The van der Waals surface area contributed by atoms with Crippen LogP contribution < -0.4 is 9.80 Å². The van der Waals surface area contributed by atoms with Gasteiger partial charge < -0.3 is 20.1 Å². The van der Waals surface area contributed by atoms with Gasteiger partial charge in [-0.1, -0.05) is 0 Å². The maximum atomic E-state index is 12.1. The number of hydrogen-bond donors (Lipinski definition) is 1. The third kappa shape index (κ3) is 4.41. The van der Waals surface area contributed by atoms with Gasteiger partial charge in [-0.2, -0.15) is 0 Å². The Bertz CT molecular complexity index is 844. The number of rotatable bonds is 6. The Balaban J connectivity index is 2.19. The van der Waals surface area contributed by atoms with E-state index in [9.17, 15) is 24.8 Å². The van der Waals surface area contributed by atoms with E-state index in [0.717, 1.165) is 35.1 Å². The van der Waals surface area contributed by atoms with E-state index in [2.05, 4.69) is 4.98 Å². The Morgan fingerprint density at radius 3 is 2.19 bits per heavy atom. The average Bonchev–Trinajstić information content (AvgIpc) is 2.62. The van der Waals surface area contributed by atoms with Gasteiger partial charge in [-0.25, -0.2) is 4.79 Å². The molecule has 1 N–H and O–H groups in total. The molecular formula is C17H16N4O5. The molecular weight excluding hydrogens is 340 g/mol. The number of ketones is 1. The summed E-state index contributed by atoms with van der Waals surface area (Å²) >= 11 is 0. The highest BCUT2D eigenvalue weighted by molar-refractivity contribution is 6.05. The van der Waals surface area contributed by atoms with Crippen molar-refractivity contribution in [2.45, 2.75) is 0 Å². The van der Waals surface area contributed by atoms with Gasteiger partial charge in [0.05, 0.1) is 11.3 Å². The van der Waals surface area contributed by atoms with Crippen molar-refractivity contribution in [2.75, 3.05) is 23.9 Å². The minimum absolute atomic E-state index is 0.111. The Morgan fingerprint density at radius 1 is 1.12 bits per heavy atom. The number of carbonyl (C=O) groups is 2. The van der Waals surface area contributed by atoms with Crippen molar-refractivity contribution in [3.05, 3.63) is 70.5 Å². The van der Waals surface area contributed by atoms with E-state index in [1.54, 1.807) is 24.3 Å². The maximum Gasteiger partial charge on any atom is 0.415 e. The van der Waals surface area contributed by atoms with Gasteiger partial charge >= 0.3 is 11.9 Å². The number of aromatic nitrogens is 1. The Hall–Kier alpha value is -3.75. The van der Waals surface area contributed by atoms with Crippen molar-refractivity contribution in [3.63, 3.8) is 0 Å². The first-order chi connectivity index (χ1) is 12.3. The number of pyridine rings is 1. The van der Waals surface area contributed by atoms with E-state index < -0.39 is 16.8 Å². The van der Waals surface area contributed by atoms with Crippen molar-refractivity contribution in [1.29, 1.82) is 0 Å². The predicted molar refractivity (Wildman–Crippen MR) is 95.6 cm³/mol. The van der Waals surface area contributed by atoms with Gasteiger partial charge in [0.25, 0.3) is 0 Å². The molecule has 0 bridgehead atoms. The first kappa shape index (κ1) is 18.6. The molecule has 26 heavy (non-hydrogen) atoms. The number of carboxylic acid groups (broad SMARTS) is 1. The number of anilines is 2. The largest absolute Gasteiger partial charge is 0.464 e. The van der Waals surface area contributed by atoms with E-state index in [-0.39, 0.29) is 11.4 Å². The molecule has 1 heterocycles. The number of carbonyl (C=O) groups excluding carboxylic acids is 1. The van der Waals surface area contributed by atoms with Crippen LogP contribution in [0, 0.1) is 10.1 Å². The maximum absolute atomic E-state index is 12.1. The zero-order valence-electron chi connectivity index (χ0n) is 14.1. The van der Waals surface area contributed by atoms with Gasteiger partial charge in [-0.15, -0.1) is 0 Å². The fraction of sp³-hybridized carbons (Fsp3) is 0.118. The van der Waals surface area contributed by atoms with Crippen LogP contribution in [0.15, 0.2) is 54.9 Å². The van der Waals surface area contributed by atoms with Gasteiger partial charge in [0.2, 0.25) is 0 Å². The lowest BCUT2D eigenvalue weighted by atomic mass is 10.2. The van der Waals surface area contributed by atoms with Gasteiger partial charge in [0.1, 0.15) is 0 Å². The SMILES string of the molecule is CN(C)c1ccc(N(C=CC(=O)c2ccc([N+](=O)[O-])nc2)C(=O)O)cc1. The zero-order chi connectivity index (χ0) is 19.3. The molecule has 1 aromatic carbocycles. The lowest BCUT2D eigenvalue weighted by Crippen LogP contribution is -2.23. The van der Waals surface area contributed by atoms with Crippen LogP contribution in [0.25, 0.3) is 0 Å². The van der Waals surface area contributed by atoms with E-state index in [1.165, 1.54) is 6.07 Å². The third-order valence-electron chi connectivity index (χ3n) is 3.44. The summed E-state index contributed by atoms with van der Waals surface area (Å²) in [5.41, 5.74) is 1.38. The molecule has 0 radical (unpaired) electrons. The fourth-order valence-electron chi connectivity index (χ4n) is 2.05. The number of benzene rings is 1. The minimum Gasteiger partial charge on any atom is -0.464 e. The normalized spacial score (nSPS) is 10.5. The molecule has 134 valence electrons. The molecule has 2 rings (SSSR count). The average molecular weight is 356 g/mol. The summed E-state index contributed by atoms with van der Waals surface area (Å²) in [4.78, 5) is 39.8. The molecule has 0 fully saturated rings. The van der Waals surface area contributed by atoms with E-state index in [1.807, 2.05) is 19.0 Å². The molecule has 0 aliphatic carbocycles. The van der Waals surface area contributed by atoms with E-state index in [4.69, 9.17) is 0 Å². The van der Waals surface area contributed by atoms with Crippen LogP contribution >= 0.6 is 0 Å². The second kappa shape index (κ2) is 7.88. The first-order valence-corrected chi connectivity index (χ1v) is 7.42. The smallest absolute Gasteiger partial charge is 0.415 e. The van der Waals surface area contributed by atoms with Crippen molar-refractivity contribution >= 4 is 29.1 Å². The van der Waals surface area contributed by atoms with Gasteiger partial charge in [0, 0.05) is 38.1 Å². The summed E-state index contributed by atoms with van der Waals surface area (Å²) in [5, 5.41) is 19.9. The van der Waals surface area contributed by atoms with E-state index >= 15 is 0 Å². The van der Waals surface area contributed by atoms with Crippen LogP contribution in [-0.2, 0) is 0 Å². The van der Waals surface area contributed by atoms with Crippen molar-refractivity contribution in [2.24, 2.45) is 0 Å². The highest BCUT2D eigenvalue weighted by Gasteiger charge is 2.14. The van der Waals surface area contributed by atoms with Crippen LogP contribution in [0.3, 0.4) is 0 Å². The lowest BCUT2D eigenvalue weighted by molar-refractivity contribution is -0.389. The molecule has 1 aromatic heterocycles. The summed E-state index contributed by atoms with van der Waals surface area (Å²) < 4.78 is 0. The van der Waals surface area contributed by atoms with Crippen LogP contribution in [-0.4, -0.2) is 41.0 Å². The van der Waals surface area contributed by atoms with Crippen LogP contribution in [0.5, 0.6) is 0 Å². The first-order valence-electron chi connectivity index (χ1n) is 7.42. The van der Waals surface area contributed by atoms with Crippen LogP contribution in [0.1, 0.15) is 10.4 Å². The topological polar surface area (TPSA) is 117 Å². The molecule has 9 heteroatoms. The standard InChI is InChI=1S/C17H16N4O5/c1-19(2)13-4-6-14(7-5-13)20(17(23)24)10-9-15(22)12-3-8-16(18-11-12)21(25)26/h3-11H,1-2H3,(H,23,24). The van der Waals surface area contributed by atoms with Gasteiger partial charge in [-0.05, 0) is 40.2 Å².